The molecule has 4 aromatic rings. The molecular formula is C27H25Cl2F3N6O2. The van der Waals surface area contributed by atoms with Crippen molar-refractivity contribution >= 4 is 51.8 Å². The van der Waals surface area contributed by atoms with Gasteiger partial charge in [0.2, 0.25) is 0 Å². The highest BCUT2D eigenvalue weighted by Gasteiger charge is 2.32. The van der Waals surface area contributed by atoms with Crippen molar-refractivity contribution in [2.75, 3.05) is 36.4 Å². The normalized spacial score (nSPS) is 14.4. The number of rotatable bonds is 5. The van der Waals surface area contributed by atoms with Gasteiger partial charge in [-0.25, -0.2) is 9.78 Å². The van der Waals surface area contributed by atoms with Crippen LogP contribution in [0.3, 0.4) is 0 Å². The number of aromatic nitrogens is 3. The summed E-state index contributed by atoms with van der Waals surface area (Å²) in [6, 6.07) is 9.46. The van der Waals surface area contributed by atoms with Crippen LogP contribution in [0.5, 0.6) is 0 Å². The first kappa shape index (κ1) is 28.0. The maximum atomic E-state index is 13.4. The fraction of sp³-hybridized carbons (Fsp3) is 0.333. The molecule has 13 heteroatoms. The minimum Gasteiger partial charge on any atom is -0.354 e. The van der Waals surface area contributed by atoms with Crippen molar-refractivity contribution in [3.05, 3.63) is 63.9 Å². The largest absolute Gasteiger partial charge is 0.416 e. The van der Waals surface area contributed by atoms with E-state index in [9.17, 15) is 18.0 Å². The van der Waals surface area contributed by atoms with Crippen LogP contribution in [0.1, 0.15) is 31.2 Å². The highest BCUT2D eigenvalue weighted by molar-refractivity contribution is 6.36. The minimum atomic E-state index is -4.51. The summed E-state index contributed by atoms with van der Waals surface area (Å²) < 4.78 is 45.8. The van der Waals surface area contributed by atoms with Gasteiger partial charge in [-0.3, -0.25) is 0 Å². The molecule has 5 rings (SSSR count). The number of urea groups is 1. The SMILES string of the molecule is CCCc1nc(N2CCCN(C(=O)Nc3ccc(Cl)cc3Cl)CC2)c2c(-c3cccc(C(F)(F)F)c3)noc2n1. The first-order valence-electron chi connectivity index (χ1n) is 12.7. The van der Waals surface area contributed by atoms with Crippen molar-refractivity contribution in [1.29, 1.82) is 0 Å². The zero-order valence-corrected chi connectivity index (χ0v) is 22.9. The van der Waals surface area contributed by atoms with E-state index in [4.69, 9.17) is 32.7 Å². The molecule has 1 fully saturated rings. The minimum absolute atomic E-state index is 0.206. The average molecular weight is 593 g/mol. The molecule has 0 unspecified atom stereocenters. The van der Waals surface area contributed by atoms with Gasteiger partial charge in [0.15, 0.2) is 0 Å². The van der Waals surface area contributed by atoms with Crippen molar-refractivity contribution in [2.24, 2.45) is 0 Å². The molecule has 210 valence electrons. The van der Waals surface area contributed by atoms with Crippen molar-refractivity contribution in [2.45, 2.75) is 32.4 Å². The third-order valence-corrected chi connectivity index (χ3v) is 7.10. The fourth-order valence-electron chi connectivity index (χ4n) is 4.60. The van der Waals surface area contributed by atoms with E-state index in [0.717, 1.165) is 18.6 Å². The summed E-state index contributed by atoms with van der Waals surface area (Å²) in [6.45, 7) is 3.82. The van der Waals surface area contributed by atoms with E-state index in [2.05, 4.69) is 15.5 Å². The average Bonchev–Trinajstić information content (AvgIpc) is 3.18. The number of amides is 2. The summed E-state index contributed by atoms with van der Waals surface area (Å²) in [5, 5.41) is 8.16. The van der Waals surface area contributed by atoms with E-state index in [1.165, 1.54) is 6.07 Å². The quantitative estimate of drug-likeness (QED) is 0.261. The lowest BCUT2D eigenvalue weighted by Crippen LogP contribution is -2.38. The molecule has 2 aromatic heterocycles. The lowest BCUT2D eigenvalue weighted by Gasteiger charge is -2.24. The summed E-state index contributed by atoms with van der Waals surface area (Å²) in [4.78, 5) is 26.0. The van der Waals surface area contributed by atoms with Crippen LogP contribution in [0.25, 0.3) is 22.4 Å². The number of hydrogen-bond donors (Lipinski definition) is 1. The molecule has 3 heterocycles. The molecule has 1 saturated heterocycles. The number of halogens is 5. The standard InChI is InChI=1S/C27H25Cl2F3N6O2/c1-2-5-21-34-24(22-23(36-40-25(22)35-21)16-6-3-7-17(14-16)27(30,31)32)37-10-4-11-38(13-12-37)26(39)33-20-9-8-18(28)15-19(20)29/h3,6-9,14-15H,2,4-5,10-13H2,1H3,(H,33,39). The van der Waals surface area contributed by atoms with Crippen LogP contribution in [0, 0.1) is 0 Å². The molecule has 2 amide bonds. The number of nitrogens with zero attached hydrogens (tertiary/aromatic N) is 5. The second-order valence-electron chi connectivity index (χ2n) is 9.39. The third-order valence-electron chi connectivity index (χ3n) is 6.56. The Morgan fingerprint density at radius 2 is 1.90 bits per heavy atom. The lowest BCUT2D eigenvalue weighted by atomic mass is 10.1. The number of fused-ring (bicyclic) bond motifs is 1. The van der Waals surface area contributed by atoms with Gasteiger partial charge in [-0.1, -0.05) is 47.4 Å². The van der Waals surface area contributed by atoms with E-state index < -0.39 is 11.7 Å². The summed E-state index contributed by atoms with van der Waals surface area (Å²) >= 11 is 12.2. The number of aryl methyl sites for hydroxylation is 1. The molecule has 1 aliphatic rings. The summed E-state index contributed by atoms with van der Waals surface area (Å²) in [5.41, 5.74) is 0.349. The van der Waals surface area contributed by atoms with E-state index in [1.807, 2.05) is 11.8 Å². The van der Waals surface area contributed by atoms with Crippen LogP contribution in [0.4, 0.5) is 29.5 Å². The molecule has 1 aliphatic heterocycles. The molecule has 0 spiro atoms. The molecule has 0 radical (unpaired) electrons. The number of hydrogen-bond acceptors (Lipinski definition) is 6. The Hall–Kier alpha value is -3.57. The first-order valence-corrected chi connectivity index (χ1v) is 13.5. The second-order valence-corrected chi connectivity index (χ2v) is 10.2. The third kappa shape index (κ3) is 5.95. The molecule has 1 N–H and O–H groups in total. The zero-order valence-electron chi connectivity index (χ0n) is 21.4. The van der Waals surface area contributed by atoms with E-state index in [1.54, 1.807) is 29.2 Å². The van der Waals surface area contributed by atoms with E-state index in [-0.39, 0.29) is 23.0 Å². The van der Waals surface area contributed by atoms with Crippen LogP contribution >= 0.6 is 23.2 Å². The molecule has 0 saturated carbocycles. The van der Waals surface area contributed by atoms with Gasteiger partial charge in [-0.15, -0.1) is 0 Å². The Labute approximate surface area is 238 Å². The lowest BCUT2D eigenvalue weighted by molar-refractivity contribution is -0.137. The van der Waals surface area contributed by atoms with Gasteiger partial charge in [0, 0.05) is 43.2 Å². The topological polar surface area (TPSA) is 87.4 Å². The van der Waals surface area contributed by atoms with Crippen molar-refractivity contribution in [1.82, 2.24) is 20.0 Å². The fourth-order valence-corrected chi connectivity index (χ4v) is 5.06. The van der Waals surface area contributed by atoms with Crippen LogP contribution in [-0.2, 0) is 12.6 Å². The Bertz CT molecular complexity index is 1540. The predicted octanol–water partition coefficient (Wildman–Crippen LogP) is 7.31. The number of carbonyl (C=O) groups excluding carboxylic acids is 1. The van der Waals surface area contributed by atoms with Gasteiger partial charge in [-0.05, 0) is 43.2 Å². The maximum absolute atomic E-state index is 13.4. The highest BCUT2D eigenvalue weighted by atomic mass is 35.5. The summed E-state index contributed by atoms with van der Waals surface area (Å²) in [7, 11) is 0. The van der Waals surface area contributed by atoms with Crippen molar-refractivity contribution < 1.29 is 22.5 Å². The van der Waals surface area contributed by atoms with Gasteiger partial charge >= 0.3 is 12.2 Å². The summed E-state index contributed by atoms with van der Waals surface area (Å²) in [5.74, 6) is 1.07. The van der Waals surface area contributed by atoms with E-state index in [0.29, 0.717) is 71.8 Å². The number of anilines is 2. The van der Waals surface area contributed by atoms with Crippen LogP contribution in [0.15, 0.2) is 47.0 Å². The Kier molecular flexibility index (Phi) is 8.04. The Morgan fingerprint density at radius 1 is 1.07 bits per heavy atom. The van der Waals surface area contributed by atoms with Gasteiger partial charge < -0.3 is 19.6 Å². The second kappa shape index (κ2) is 11.5. The van der Waals surface area contributed by atoms with Gasteiger partial charge in [-0.2, -0.15) is 18.2 Å². The van der Waals surface area contributed by atoms with Crippen LogP contribution < -0.4 is 10.2 Å². The van der Waals surface area contributed by atoms with Crippen molar-refractivity contribution in [3.63, 3.8) is 0 Å². The zero-order chi connectivity index (χ0) is 28.4. The number of nitrogens with one attached hydrogen (secondary N) is 1. The molecule has 40 heavy (non-hydrogen) atoms. The van der Waals surface area contributed by atoms with Gasteiger partial charge in [0.05, 0.1) is 16.3 Å². The smallest absolute Gasteiger partial charge is 0.354 e. The molecular weight excluding hydrogens is 568 g/mol. The molecule has 8 nitrogen and oxygen atoms in total. The Morgan fingerprint density at radius 3 is 2.65 bits per heavy atom. The van der Waals surface area contributed by atoms with Crippen LogP contribution in [0.2, 0.25) is 10.0 Å². The van der Waals surface area contributed by atoms with Crippen molar-refractivity contribution in [3.8, 4) is 11.3 Å². The first-order chi connectivity index (χ1) is 19.1. The van der Waals surface area contributed by atoms with Gasteiger partial charge in [0.25, 0.3) is 5.71 Å². The molecule has 0 aliphatic carbocycles. The van der Waals surface area contributed by atoms with Crippen LogP contribution in [-0.4, -0.2) is 52.2 Å². The maximum Gasteiger partial charge on any atom is 0.416 e. The summed E-state index contributed by atoms with van der Waals surface area (Å²) in [6.07, 6.45) is -2.50. The number of alkyl halides is 3. The number of carbonyl (C=O) groups is 1. The Balaban J connectivity index is 1.45. The number of benzene rings is 2. The monoisotopic (exact) mass is 592 g/mol. The van der Waals surface area contributed by atoms with Gasteiger partial charge in [0.1, 0.15) is 22.7 Å². The molecule has 0 bridgehead atoms. The molecule has 2 aromatic carbocycles. The predicted molar refractivity (Wildman–Crippen MR) is 148 cm³/mol. The highest BCUT2D eigenvalue weighted by Crippen LogP contribution is 2.37. The molecule has 0 atom stereocenters. The van der Waals surface area contributed by atoms with E-state index >= 15 is 0 Å².